The van der Waals surface area contributed by atoms with E-state index in [-0.39, 0.29) is 12.4 Å². The molecule has 0 atom stereocenters. The zero-order valence-electron chi connectivity index (χ0n) is 17.1. The van der Waals surface area contributed by atoms with Gasteiger partial charge in [-0.1, -0.05) is 53.6 Å². The molecule has 2 aromatic rings. The van der Waals surface area contributed by atoms with Crippen LogP contribution in [0, 0.1) is 0 Å². The maximum absolute atomic E-state index is 6.28. The highest BCUT2D eigenvalue weighted by Gasteiger charge is 2.12. The van der Waals surface area contributed by atoms with Gasteiger partial charge in [0.25, 0.3) is 0 Å². The van der Waals surface area contributed by atoms with E-state index < -0.39 is 0 Å². The molecule has 3 nitrogen and oxygen atoms in total. The average Bonchev–Trinajstić information content (AvgIpc) is 2.73. The Morgan fingerprint density at radius 2 is 1.83 bits per heavy atom. The molecule has 2 aromatic carbocycles. The smallest absolute Gasteiger partial charge is 0.166 e. The Morgan fingerprint density at radius 1 is 1.00 bits per heavy atom. The van der Waals surface area contributed by atoms with Crippen molar-refractivity contribution < 1.29 is 9.47 Å². The van der Waals surface area contributed by atoms with E-state index in [2.05, 4.69) is 17.5 Å². The molecule has 0 amide bonds. The van der Waals surface area contributed by atoms with Gasteiger partial charge in [-0.3, -0.25) is 0 Å². The van der Waals surface area contributed by atoms with E-state index in [4.69, 9.17) is 21.1 Å². The molecule has 29 heavy (non-hydrogen) atoms. The second-order valence-electron chi connectivity index (χ2n) is 7.09. The van der Waals surface area contributed by atoms with Crippen LogP contribution in [0.1, 0.15) is 50.2 Å². The molecule has 0 fully saturated rings. The minimum atomic E-state index is 0. The van der Waals surface area contributed by atoms with Gasteiger partial charge in [-0.15, -0.1) is 12.4 Å². The van der Waals surface area contributed by atoms with Gasteiger partial charge in [0.05, 0.1) is 6.61 Å². The molecular formula is C24H31Cl2NO2. The van der Waals surface area contributed by atoms with Crippen molar-refractivity contribution >= 4 is 24.0 Å². The van der Waals surface area contributed by atoms with Crippen molar-refractivity contribution in [3.63, 3.8) is 0 Å². The van der Waals surface area contributed by atoms with Crippen LogP contribution in [0.2, 0.25) is 5.02 Å². The quantitative estimate of drug-likeness (QED) is 0.331. The topological polar surface area (TPSA) is 30.5 Å². The summed E-state index contributed by atoms with van der Waals surface area (Å²) in [5.41, 5.74) is 3.67. The first-order valence-electron chi connectivity index (χ1n) is 10.3. The molecule has 0 radical (unpaired) electrons. The molecule has 0 heterocycles. The third-order valence-electron chi connectivity index (χ3n) is 5.01. The summed E-state index contributed by atoms with van der Waals surface area (Å²) in [5.74, 6) is 1.58. The highest BCUT2D eigenvalue weighted by molar-refractivity contribution is 6.31. The van der Waals surface area contributed by atoms with Gasteiger partial charge >= 0.3 is 0 Å². The molecule has 1 aliphatic carbocycles. The SMILES string of the molecule is CCOc1cccc(CNCCC2=CCCCC2)c1OCc1ccccc1Cl.Cl. The fourth-order valence-corrected chi connectivity index (χ4v) is 3.69. The van der Waals surface area contributed by atoms with E-state index in [9.17, 15) is 0 Å². The summed E-state index contributed by atoms with van der Waals surface area (Å²) in [7, 11) is 0. The van der Waals surface area contributed by atoms with Crippen molar-refractivity contribution in [2.75, 3.05) is 13.2 Å². The molecule has 0 aliphatic heterocycles. The van der Waals surface area contributed by atoms with Crippen LogP contribution < -0.4 is 14.8 Å². The van der Waals surface area contributed by atoms with Gasteiger partial charge in [0.2, 0.25) is 0 Å². The summed E-state index contributed by atoms with van der Waals surface area (Å²) in [6.45, 7) is 4.75. The van der Waals surface area contributed by atoms with Gasteiger partial charge < -0.3 is 14.8 Å². The summed E-state index contributed by atoms with van der Waals surface area (Å²) in [4.78, 5) is 0. The number of hydrogen-bond donors (Lipinski definition) is 1. The van der Waals surface area contributed by atoms with Crippen LogP contribution in [0.25, 0.3) is 0 Å². The Kier molecular flexibility index (Phi) is 10.4. The van der Waals surface area contributed by atoms with E-state index in [1.165, 1.54) is 25.7 Å². The first-order valence-corrected chi connectivity index (χ1v) is 10.6. The summed E-state index contributed by atoms with van der Waals surface area (Å²) in [6.07, 6.45) is 8.72. The number of ether oxygens (including phenoxy) is 2. The predicted octanol–water partition coefficient (Wildman–Crippen LogP) is 6.72. The molecule has 0 aromatic heterocycles. The third-order valence-corrected chi connectivity index (χ3v) is 5.38. The lowest BCUT2D eigenvalue weighted by atomic mass is 9.97. The van der Waals surface area contributed by atoms with Gasteiger partial charge in [-0.25, -0.2) is 0 Å². The highest BCUT2D eigenvalue weighted by Crippen LogP contribution is 2.33. The van der Waals surface area contributed by atoms with E-state index in [1.807, 2.05) is 43.3 Å². The van der Waals surface area contributed by atoms with Crippen LogP contribution in [-0.4, -0.2) is 13.2 Å². The lowest BCUT2D eigenvalue weighted by molar-refractivity contribution is 0.266. The fraction of sp³-hybridized carbons (Fsp3) is 0.417. The molecule has 0 bridgehead atoms. The molecule has 0 spiro atoms. The summed E-state index contributed by atoms with van der Waals surface area (Å²) in [6, 6.07) is 13.9. The second-order valence-corrected chi connectivity index (χ2v) is 7.50. The predicted molar refractivity (Wildman–Crippen MR) is 124 cm³/mol. The van der Waals surface area contributed by atoms with Crippen molar-refractivity contribution in [2.24, 2.45) is 0 Å². The molecule has 1 aliphatic rings. The van der Waals surface area contributed by atoms with Crippen molar-refractivity contribution in [2.45, 2.75) is 52.2 Å². The van der Waals surface area contributed by atoms with Crippen molar-refractivity contribution in [3.05, 3.63) is 70.3 Å². The lowest BCUT2D eigenvalue weighted by Gasteiger charge is -2.17. The van der Waals surface area contributed by atoms with Gasteiger partial charge in [-0.2, -0.15) is 0 Å². The molecule has 0 unspecified atom stereocenters. The van der Waals surface area contributed by atoms with E-state index in [1.54, 1.807) is 5.57 Å². The Labute approximate surface area is 185 Å². The summed E-state index contributed by atoms with van der Waals surface area (Å²) in [5, 5.41) is 4.29. The van der Waals surface area contributed by atoms with E-state index in [0.29, 0.717) is 13.2 Å². The average molecular weight is 436 g/mol. The molecule has 3 rings (SSSR count). The number of nitrogens with one attached hydrogen (secondary N) is 1. The highest BCUT2D eigenvalue weighted by atomic mass is 35.5. The summed E-state index contributed by atoms with van der Waals surface area (Å²) >= 11 is 6.28. The van der Waals surface area contributed by atoms with Gasteiger partial charge in [0.1, 0.15) is 6.61 Å². The Balaban J connectivity index is 0.00000300. The van der Waals surface area contributed by atoms with Crippen LogP contribution in [-0.2, 0) is 13.2 Å². The number of benzene rings is 2. The number of halogens is 2. The van der Waals surface area contributed by atoms with Gasteiger partial charge in [-0.05, 0) is 57.7 Å². The second kappa shape index (κ2) is 12.8. The number of para-hydroxylation sites is 1. The Hall–Kier alpha value is -1.68. The van der Waals surface area contributed by atoms with Crippen LogP contribution in [0.5, 0.6) is 11.5 Å². The van der Waals surface area contributed by atoms with E-state index >= 15 is 0 Å². The van der Waals surface area contributed by atoms with Crippen molar-refractivity contribution in [1.82, 2.24) is 5.32 Å². The molecule has 0 saturated carbocycles. The van der Waals surface area contributed by atoms with Crippen molar-refractivity contribution in [3.8, 4) is 11.5 Å². The standard InChI is InChI=1S/C24H30ClNO2.ClH/c1-2-27-23-14-8-12-20(17-26-16-15-19-9-4-3-5-10-19)24(23)28-18-21-11-6-7-13-22(21)25;/h6-9,11-14,26H,2-5,10,15-18H2,1H3;1H. The van der Waals surface area contributed by atoms with Crippen molar-refractivity contribution in [1.29, 1.82) is 0 Å². The maximum Gasteiger partial charge on any atom is 0.166 e. The molecule has 1 N–H and O–H groups in total. The lowest BCUT2D eigenvalue weighted by Crippen LogP contribution is -2.16. The van der Waals surface area contributed by atoms with Crippen LogP contribution in [0.4, 0.5) is 0 Å². The largest absolute Gasteiger partial charge is 0.490 e. The van der Waals surface area contributed by atoms with Crippen LogP contribution >= 0.6 is 24.0 Å². The first kappa shape index (κ1) is 23.6. The van der Waals surface area contributed by atoms with E-state index in [0.717, 1.165) is 47.2 Å². The normalized spacial score (nSPS) is 13.4. The van der Waals surface area contributed by atoms with Gasteiger partial charge in [0, 0.05) is 22.7 Å². The summed E-state index contributed by atoms with van der Waals surface area (Å²) < 4.78 is 12.0. The molecule has 5 heteroatoms. The third kappa shape index (κ3) is 7.26. The molecule has 158 valence electrons. The minimum absolute atomic E-state index is 0. The monoisotopic (exact) mass is 435 g/mol. The maximum atomic E-state index is 6.28. The molecule has 0 saturated heterocycles. The number of rotatable bonds is 10. The Morgan fingerprint density at radius 3 is 2.59 bits per heavy atom. The Bertz CT molecular complexity index is 792. The molecular weight excluding hydrogens is 405 g/mol. The fourth-order valence-electron chi connectivity index (χ4n) is 3.50. The van der Waals surface area contributed by atoms with Crippen LogP contribution in [0.3, 0.4) is 0 Å². The zero-order valence-corrected chi connectivity index (χ0v) is 18.7. The minimum Gasteiger partial charge on any atom is -0.490 e. The first-order chi connectivity index (χ1) is 13.8. The number of allylic oxidation sites excluding steroid dienone is 1. The zero-order chi connectivity index (χ0) is 19.6. The number of hydrogen-bond acceptors (Lipinski definition) is 3. The van der Waals surface area contributed by atoms with Gasteiger partial charge in [0.15, 0.2) is 11.5 Å². The van der Waals surface area contributed by atoms with Crippen LogP contribution in [0.15, 0.2) is 54.1 Å².